The summed E-state index contributed by atoms with van der Waals surface area (Å²) in [5.74, 6) is 0. The van der Waals surface area contributed by atoms with E-state index in [4.69, 9.17) is 5.11 Å². The smallest absolute Gasteiger partial charge is 0.0725 e. The molecule has 0 aliphatic carbocycles. The van der Waals surface area contributed by atoms with Crippen LogP contribution < -0.4 is 0 Å². The zero-order valence-corrected chi connectivity index (χ0v) is 9.08. The first-order valence-corrected chi connectivity index (χ1v) is 5.42. The predicted molar refractivity (Wildman–Crippen MR) is 61.0 cm³/mol. The van der Waals surface area contributed by atoms with Crippen molar-refractivity contribution in [3.8, 4) is 0 Å². The number of rotatable bonds is 5. The monoisotopic (exact) mass is 217 g/mol. The maximum atomic E-state index is 8.80. The molecule has 0 unspecified atom stereocenters. The molecule has 0 spiro atoms. The maximum Gasteiger partial charge on any atom is 0.0725 e. The topological polar surface area (TPSA) is 50.9 Å². The Labute approximate surface area is 94.5 Å². The second kappa shape index (κ2) is 5.42. The summed E-state index contributed by atoms with van der Waals surface area (Å²) in [6, 6.07) is 10.2. The average Bonchev–Trinajstić information content (AvgIpc) is 2.75. The summed E-state index contributed by atoms with van der Waals surface area (Å²) in [5.41, 5.74) is 2.27. The Morgan fingerprint density at radius 1 is 1.19 bits per heavy atom. The number of nitrogens with zero attached hydrogens (tertiary/aromatic N) is 3. The van der Waals surface area contributed by atoms with Crippen molar-refractivity contribution in [2.75, 3.05) is 6.61 Å². The summed E-state index contributed by atoms with van der Waals surface area (Å²) < 4.78 is 1.88. The Balaban J connectivity index is 2.07. The van der Waals surface area contributed by atoms with E-state index in [2.05, 4.69) is 22.4 Å². The van der Waals surface area contributed by atoms with Gasteiger partial charge in [0.15, 0.2) is 0 Å². The highest BCUT2D eigenvalue weighted by Crippen LogP contribution is 2.05. The first kappa shape index (κ1) is 10.8. The van der Waals surface area contributed by atoms with E-state index in [0.29, 0.717) is 0 Å². The van der Waals surface area contributed by atoms with Crippen molar-refractivity contribution in [3.05, 3.63) is 47.8 Å². The van der Waals surface area contributed by atoms with Crippen molar-refractivity contribution < 1.29 is 5.11 Å². The molecule has 16 heavy (non-hydrogen) atoms. The average molecular weight is 217 g/mol. The van der Waals surface area contributed by atoms with Crippen LogP contribution in [0.3, 0.4) is 0 Å². The molecule has 1 aromatic heterocycles. The highest BCUT2D eigenvalue weighted by atomic mass is 16.2. The van der Waals surface area contributed by atoms with Gasteiger partial charge in [-0.25, -0.2) is 4.68 Å². The van der Waals surface area contributed by atoms with Crippen molar-refractivity contribution in [1.82, 2.24) is 15.0 Å². The third-order valence-corrected chi connectivity index (χ3v) is 2.46. The zero-order valence-electron chi connectivity index (χ0n) is 9.08. The van der Waals surface area contributed by atoms with E-state index in [1.54, 1.807) is 6.20 Å². The Morgan fingerprint density at radius 2 is 2.00 bits per heavy atom. The van der Waals surface area contributed by atoms with E-state index in [1.807, 2.05) is 22.9 Å². The van der Waals surface area contributed by atoms with Crippen LogP contribution in [0.25, 0.3) is 0 Å². The highest BCUT2D eigenvalue weighted by Gasteiger charge is 2.03. The maximum absolute atomic E-state index is 8.80. The Bertz CT molecular complexity index is 425. The number of aryl methyl sites for hydroxylation is 1. The lowest BCUT2D eigenvalue weighted by Gasteiger charge is -2.05. The lowest BCUT2D eigenvalue weighted by molar-refractivity contribution is 0.287. The van der Waals surface area contributed by atoms with Gasteiger partial charge in [-0.1, -0.05) is 35.5 Å². The summed E-state index contributed by atoms with van der Waals surface area (Å²) >= 11 is 0. The minimum atomic E-state index is 0.205. The van der Waals surface area contributed by atoms with Crippen LogP contribution in [-0.2, 0) is 13.0 Å². The van der Waals surface area contributed by atoms with Gasteiger partial charge in [-0.15, -0.1) is 5.10 Å². The zero-order chi connectivity index (χ0) is 11.2. The molecule has 1 N–H and O–H groups in total. The molecule has 0 fully saturated rings. The summed E-state index contributed by atoms with van der Waals surface area (Å²) in [7, 11) is 0. The largest absolute Gasteiger partial charge is 0.396 e. The minimum Gasteiger partial charge on any atom is -0.396 e. The molecule has 0 aliphatic heterocycles. The number of aliphatic hydroxyl groups is 1. The molecule has 84 valence electrons. The fourth-order valence-corrected chi connectivity index (χ4v) is 1.62. The SMILES string of the molecule is OCCCc1cnnn1Cc1ccccc1. The number of aromatic nitrogens is 3. The van der Waals surface area contributed by atoms with Gasteiger partial charge < -0.3 is 5.11 Å². The lowest BCUT2D eigenvalue weighted by Crippen LogP contribution is -2.07. The molecule has 0 bridgehead atoms. The van der Waals surface area contributed by atoms with Gasteiger partial charge in [0, 0.05) is 6.61 Å². The van der Waals surface area contributed by atoms with Gasteiger partial charge in [0.05, 0.1) is 18.4 Å². The fraction of sp³-hybridized carbons (Fsp3) is 0.333. The van der Waals surface area contributed by atoms with E-state index >= 15 is 0 Å². The second-order valence-electron chi connectivity index (χ2n) is 3.70. The van der Waals surface area contributed by atoms with Crippen LogP contribution in [0, 0.1) is 0 Å². The van der Waals surface area contributed by atoms with Crippen molar-refractivity contribution in [2.24, 2.45) is 0 Å². The minimum absolute atomic E-state index is 0.205. The number of hydrogen-bond acceptors (Lipinski definition) is 3. The summed E-state index contributed by atoms with van der Waals surface area (Å²) in [5, 5.41) is 16.7. The molecular weight excluding hydrogens is 202 g/mol. The standard InChI is InChI=1S/C12H15N3O/c16-8-4-7-12-9-13-14-15(12)10-11-5-2-1-3-6-11/h1-3,5-6,9,16H,4,7-8,10H2. The summed E-state index contributed by atoms with van der Waals surface area (Å²) in [4.78, 5) is 0. The van der Waals surface area contributed by atoms with Crippen molar-refractivity contribution in [1.29, 1.82) is 0 Å². The predicted octanol–water partition coefficient (Wildman–Crippen LogP) is 1.25. The van der Waals surface area contributed by atoms with Gasteiger partial charge in [-0.3, -0.25) is 0 Å². The molecular formula is C12H15N3O. The van der Waals surface area contributed by atoms with Gasteiger partial charge in [-0.05, 0) is 18.4 Å². The van der Waals surface area contributed by atoms with Gasteiger partial charge in [0.1, 0.15) is 0 Å². The van der Waals surface area contributed by atoms with Gasteiger partial charge in [0.25, 0.3) is 0 Å². The Kier molecular flexibility index (Phi) is 3.66. The van der Waals surface area contributed by atoms with Crippen molar-refractivity contribution in [2.45, 2.75) is 19.4 Å². The molecule has 0 aliphatic rings. The fourth-order valence-electron chi connectivity index (χ4n) is 1.62. The molecule has 0 radical (unpaired) electrons. The first-order chi connectivity index (χ1) is 7.90. The van der Waals surface area contributed by atoms with E-state index in [1.165, 1.54) is 5.56 Å². The van der Waals surface area contributed by atoms with Crippen molar-refractivity contribution >= 4 is 0 Å². The number of hydrogen-bond donors (Lipinski definition) is 1. The van der Waals surface area contributed by atoms with Crippen LogP contribution in [0.4, 0.5) is 0 Å². The van der Waals surface area contributed by atoms with E-state index in [9.17, 15) is 0 Å². The Hall–Kier alpha value is -1.68. The molecule has 0 saturated heterocycles. The van der Waals surface area contributed by atoms with E-state index in [0.717, 1.165) is 25.1 Å². The van der Waals surface area contributed by atoms with Crippen LogP contribution in [0.5, 0.6) is 0 Å². The molecule has 1 aromatic carbocycles. The van der Waals surface area contributed by atoms with Gasteiger partial charge in [-0.2, -0.15) is 0 Å². The first-order valence-electron chi connectivity index (χ1n) is 5.42. The van der Waals surface area contributed by atoms with Crippen LogP contribution in [-0.4, -0.2) is 26.7 Å². The van der Waals surface area contributed by atoms with Crippen LogP contribution in [0.15, 0.2) is 36.5 Å². The lowest BCUT2D eigenvalue weighted by atomic mass is 10.2. The van der Waals surface area contributed by atoms with E-state index in [-0.39, 0.29) is 6.61 Å². The highest BCUT2D eigenvalue weighted by molar-refractivity contribution is 5.15. The molecule has 0 saturated carbocycles. The number of benzene rings is 1. The summed E-state index contributed by atoms with van der Waals surface area (Å²) in [6.07, 6.45) is 3.33. The third-order valence-electron chi connectivity index (χ3n) is 2.46. The van der Waals surface area contributed by atoms with E-state index < -0.39 is 0 Å². The van der Waals surface area contributed by atoms with Gasteiger partial charge >= 0.3 is 0 Å². The molecule has 2 aromatic rings. The molecule has 2 rings (SSSR count). The van der Waals surface area contributed by atoms with Gasteiger partial charge in [0.2, 0.25) is 0 Å². The van der Waals surface area contributed by atoms with Crippen LogP contribution in [0.1, 0.15) is 17.7 Å². The van der Waals surface area contributed by atoms with Crippen LogP contribution in [0.2, 0.25) is 0 Å². The molecule has 1 heterocycles. The summed E-state index contributed by atoms with van der Waals surface area (Å²) in [6.45, 7) is 0.943. The molecule has 0 atom stereocenters. The third kappa shape index (κ3) is 2.67. The Morgan fingerprint density at radius 3 is 2.75 bits per heavy atom. The molecule has 4 heteroatoms. The number of aliphatic hydroxyl groups excluding tert-OH is 1. The molecule has 0 amide bonds. The molecule has 4 nitrogen and oxygen atoms in total. The normalized spacial score (nSPS) is 10.6. The second-order valence-corrected chi connectivity index (χ2v) is 3.70. The van der Waals surface area contributed by atoms with Crippen molar-refractivity contribution in [3.63, 3.8) is 0 Å². The quantitative estimate of drug-likeness (QED) is 0.820. The van der Waals surface area contributed by atoms with Crippen LogP contribution >= 0.6 is 0 Å².